The lowest BCUT2D eigenvalue weighted by Crippen LogP contribution is -2.13. The molecule has 0 amide bonds. The lowest BCUT2D eigenvalue weighted by molar-refractivity contribution is 0.435. The third kappa shape index (κ3) is 2.60. The van der Waals surface area contributed by atoms with Gasteiger partial charge in [-0.15, -0.1) is 0 Å². The van der Waals surface area contributed by atoms with Gasteiger partial charge in [0, 0.05) is 5.92 Å². The van der Waals surface area contributed by atoms with E-state index >= 15 is 0 Å². The minimum atomic E-state index is 0.593. The predicted octanol–water partition coefficient (Wildman–Crippen LogP) is 4.50. The van der Waals surface area contributed by atoms with Crippen molar-refractivity contribution < 1.29 is 0 Å². The van der Waals surface area contributed by atoms with Crippen molar-refractivity contribution in [3.05, 3.63) is 36.5 Å². The van der Waals surface area contributed by atoms with E-state index < -0.39 is 0 Å². The van der Waals surface area contributed by atoms with E-state index in [0.717, 1.165) is 5.92 Å². The van der Waals surface area contributed by atoms with Crippen molar-refractivity contribution in [2.75, 3.05) is 0 Å². The second-order valence-electron chi connectivity index (χ2n) is 4.51. The molecule has 0 aromatic rings. The average Bonchev–Trinajstić information content (AvgIpc) is 2.57. The maximum absolute atomic E-state index is 4.13. The second-order valence-corrected chi connectivity index (χ2v) is 4.51. The number of allylic oxidation sites excluding steroid dienone is 4. The SMILES string of the molecule is C=C/C=C(/C)C(C(=C)C)C1CCCC1. The molecule has 78 valence electrons. The first-order valence-electron chi connectivity index (χ1n) is 5.61. The summed E-state index contributed by atoms with van der Waals surface area (Å²) in [5, 5.41) is 0. The zero-order valence-corrected chi connectivity index (χ0v) is 9.55. The molecule has 1 atom stereocenters. The molecule has 0 saturated heterocycles. The number of hydrogen-bond acceptors (Lipinski definition) is 0. The lowest BCUT2D eigenvalue weighted by Gasteiger charge is -2.24. The highest BCUT2D eigenvalue weighted by Gasteiger charge is 2.26. The van der Waals surface area contributed by atoms with Crippen LogP contribution in [0.1, 0.15) is 39.5 Å². The molecule has 0 radical (unpaired) electrons. The molecular formula is C14H22. The van der Waals surface area contributed by atoms with Crippen LogP contribution in [0.15, 0.2) is 36.5 Å². The summed E-state index contributed by atoms with van der Waals surface area (Å²) < 4.78 is 0. The van der Waals surface area contributed by atoms with Gasteiger partial charge in [0.25, 0.3) is 0 Å². The Morgan fingerprint density at radius 1 is 1.29 bits per heavy atom. The molecule has 0 heteroatoms. The molecule has 14 heavy (non-hydrogen) atoms. The smallest absolute Gasteiger partial charge is 0.00301 e. The summed E-state index contributed by atoms with van der Waals surface area (Å²) in [6.45, 7) is 12.3. The van der Waals surface area contributed by atoms with Crippen molar-refractivity contribution in [1.29, 1.82) is 0 Å². The fourth-order valence-electron chi connectivity index (χ4n) is 2.74. The van der Waals surface area contributed by atoms with Crippen molar-refractivity contribution >= 4 is 0 Å². The third-order valence-corrected chi connectivity index (χ3v) is 3.27. The summed E-state index contributed by atoms with van der Waals surface area (Å²) in [5.41, 5.74) is 2.74. The van der Waals surface area contributed by atoms with Crippen LogP contribution in [-0.4, -0.2) is 0 Å². The van der Waals surface area contributed by atoms with Crippen molar-refractivity contribution in [2.24, 2.45) is 11.8 Å². The molecule has 0 heterocycles. The molecule has 0 aromatic carbocycles. The van der Waals surface area contributed by atoms with Crippen LogP contribution in [0.3, 0.4) is 0 Å². The van der Waals surface area contributed by atoms with Crippen LogP contribution in [0, 0.1) is 11.8 Å². The topological polar surface area (TPSA) is 0 Å². The Hall–Kier alpha value is -0.780. The van der Waals surface area contributed by atoms with Gasteiger partial charge >= 0.3 is 0 Å². The average molecular weight is 190 g/mol. The summed E-state index contributed by atoms with van der Waals surface area (Å²) in [6.07, 6.45) is 9.57. The fraction of sp³-hybridized carbons (Fsp3) is 0.571. The van der Waals surface area contributed by atoms with Crippen molar-refractivity contribution in [3.63, 3.8) is 0 Å². The predicted molar refractivity (Wildman–Crippen MR) is 64.2 cm³/mol. The Bertz CT molecular complexity index is 239. The van der Waals surface area contributed by atoms with E-state index in [0.29, 0.717) is 5.92 Å². The Morgan fingerprint density at radius 2 is 1.86 bits per heavy atom. The zero-order chi connectivity index (χ0) is 10.6. The number of hydrogen-bond donors (Lipinski definition) is 0. The second kappa shape index (κ2) is 5.19. The molecule has 0 bridgehead atoms. The van der Waals surface area contributed by atoms with E-state index in [2.05, 4.69) is 33.1 Å². The maximum Gasteiger partial charge on any atom is 0.00301 e. The first-order chi connectivity index (χ1) is 6.66. The van der Waals surface area contributed by atoms with Gasteiger partial charge in [-0.05, 0) is 32.6 Å². The van der Waals surface area contributed by atoms with Gasteiger partial charge in [0.1, 0.15) is 0 Å². The highest BCUT2D eigenvalue weighted by molar-refractivity contribution is 5.21. The van der Waals surface area contributed by atoms with Gasteiger partial charge in [0.2, 0.25) is 0 Å². The molecular weight excluding hydrogens is 168 g/mol. The maximum atomic E-state index is 4.13. The lowest BCUT2D eigenvalue weighted by atomic mass is 9.81. The van der Waals surface area contributed by atoms with Crippen LogP contribution in [-0.2, 0) is 0 Å². The van der Waals surface area contributed by atoms with Gasteiger partial charge in [-0.25, -0.2) is 0 Å². The summed E-state index contributed by atoms with van der Waals surface area (Å²) in [4.78, 5) is 0. The van der Waals surface area contributed by atoms with Crippen LogP contribution >= 0.6 is 0 Å². The van der Waals surface area contributed by atoms with E-state index in [1.165, 1.54) is 36.8 Å². The minimum absolute atomic E-state index is 0.593. The molecule has 1 rings (SSSR count). The van der Waals surface area contributed by atoms with E-state index in [9.17, 15) is 0 Å². The Morgan fingerprint density at radius 3 is 2.29 bits per heavy atom. The minimum Gasteiger partial charge on any atom is -0.0995 e. The molecule has 1 aliphatic rings. The van der Waals surface area contributed by atoms with Crippen LogP contribution in [0.4, 0.5) is 0 Å². The quantitative estimate of drug-likeness (QED) is 0.452. The molecule has 0 aromatic heterocycles. The van der Waals surface area contributed by atoms with Crippen LogP contribution < -0.4 is 0 Å². The first-order valence-corrected chi connectivity index (χ1v) is 5.61. The van der Waals surface area contributed by atoms with Gasteiger partial charge in [0.05, 0.1) is 0 Å². The van der Waals surface area contributed by atoms with Gasteiger partial charge < -0.3 is 0 Å². The van der Waals surface area contributed by atoms with Gasteiger partial charge in [-0.2, -0.15) is 0 Å². The van der Waals surface area contributed by atoms with Crippen molar-refractivity contribution in [3.8, 4) is 0 Å². The summed E-state index contributed by atoms with van der Waals surface area (Å²) in [5.74, 6) is 1.43. The normalized spacial score (nSPS) is 20.9. The van der Waals surface area contributed by atoms with Gasteiger partial charge in [-0.3, -0.25) is 0 Å². The summed E-state index contributed by atoms with van der Waals surface area (Å²) in [7, 11) is 0. The Balaban J connectivity index is 2.77. The van der Waals surface area contributed by atoms with Crippen LogP contribution in [0.2, 0.25) is 0 Å². The zero-order valence-electron chi connectivity index (χ0n) is 9.55. The van der Waals surface area contributed by atoms with Gasteiger partial charge in [-0.1, -0.05) is 49.3 Å². The summed E-state index contributed by atoms with van der Waals surface area (Å²) >= 11 is 0. The molecule has 1 fully saturated rings. The standard InChI is InChI=1S/C14H22/c1-5-8-12(4)14(11(2)3)13-9-6-7-10-13/h5,8,13-14H,1-2,6-7,9-10H2,3-4H3/b12-8-. The first kappa shape index (κ1) is 11.3. The summed E-state index contributed by atoms with van der Waals surface area (Å²) in [6, 6.07) is 0. The van der Waals surface area contributed by atoms with Crippen LogP contribution in [0.25, 0.3) is 0 Å². The van der Waals surface area contributed by atoms with E-state index in [-0.39, 0.29) is 0 Å². The third-order valence-electron chi connectivity index (χ3n) is 3.27. The molecule has 1 aliphatic carbocycles. The van der Waals surface area contributed by atoms with Crippen molar-refractivity contribution in [1.82, 2.24) is 0 Å². The largest absolute Gasteiger partial charge is 0.0995 e. The van der Waals surface area contributed by atoms with E-state index in [1.54, 1.807) is 0 Å². The van der Waals surface area contributed by atoms with Gasteiger partial charge in [0.15, 0.2) is 0 Å². The molecule has 0 nitrogen and oxygen atoms in total. The van der Waals surface area contributed by atoms with Crippen molar-refractivity contribution in [2.45, 2.75) is 39.5 Å². The number of rotatable bonds is 4. The monoisotopic (exact) mass is 190 g/mol. The van der Waals surface area contributed by atoms with Crippen LogP contribution in [0.5, 0.6) is 0 Å². The Kier molecular flexibility index (Phi) is 4.19. The highest BCUT2D eigenvalue weighted by atomic mass is 14.3. The van der Waals surface area contributed by atoms with E-state index in [1.807, 2.05) is 6.08 Å². The molecule has 1 unspecified atom stereocenters. The van der Waals surface area contributed by atoms with E-state index in [4.69, 9.17) is 0 Å². The highest BCUT2D eigenvalue weighted by Crippen LogP contribution is 2.38. The molecule has 0 spiro atoms. The molecule has 0 N–H and O–H groups in total. The molecule has 0 aliphatic heterocycles. The fourth-order valence-corrected chi connectivity index (χ4v) is 2.74. The Labute approximate surface area is 88.4 Å². The molecule has 1 saturated carbocycles.